The lowest BCUT2D eigenvalue weighted by atomic mass is 9.83. The molecule has 1 aromatic carbocycles. The molecule has 0 amide bonds. The van der Waals surface area contributed by atoms with Crippen LogP contribution in [0.4, 0.5) is 0 Å². The van der Waals surface area contributed by atoms with Gasteiger partial charge in [0, 0.05) is 6.54 Å². The van der Waals surface area contributed by atoms with E-state index in [9.17, 15) is 4.79 Å². The number of rotatable bonds is 4. The van der Waals surface area contributed by atoms with Crippen molar-refractivity contribution in [3.63, 3.8) is 0 Å². The molecule has 3 heteroatoms. The third kappa shape index (κ3) is 4.15. The Bertz CT molecular complexity index is 395. The van der Waals surface area contributed by atoms with E-state index in [0.717, 1.165) is 5.56 Å². The minimum Gasteiger partial charge on any atom is -0.460 e. The summed E-state index contributed by atoms with van der Waals surface area (Å²) in [6.07, 6.45) is 0.596. The zero-order valence-electron chi connectivity index (χ0n) is 11.7. The number of hydrogen-bond donors (Lipinski definition) is 1. The summed E-state index contributed by atoms with van der Waals surface area (Å²) in [5.74, 6) is -0.235. The normalized spacial score (nSPS) is 14.9. The number of nitrogens with two attached hydrogens (primary N) is 1. The van der Waals surface area contributed by atoms with E-state index in [2.05, 4.69) is 0 Å². The Kier molecular flexibility index (Phi) is 4.52. The van der Waals surface area contributed by atoms with E-state index in [1.165, 1.54) is 0 Å². The second-order valence-corrected chi connectivity index (χ2v) is 5.93. The lowest BCUT2D eigenvalue weighted by Crippen LogP contribution is -2.42. The Hall–Kier alpha value is -1.35. The van der Waals surface area contributed by atoms with Gasteiger partial charge in [-0.1, -0.05) is 30.3 Å². The molecular formula is C15H23NO2. The van der Waals surface area contributed by atoms with Crippen molar-refractivity contribution < 1.29 is 9.53 Å². The molecule has 0 aliphatic carbocycles. The van der Waals surface area contributed by atoms with Gasteiger partial charge in [-0.05, 0) is 39.7 Å². The quantitative estimate of drug-likeness (QED) is 0.834. The van der Waals surface area contributed by atoms with Crippen LogP contribution in [0.3, 0.4) is 0 Å². The molecule has 3 nitrogen and oxygen atoms in total. The van der Waals surface area contributed by atoms with E-state index >= 15 is 0 Å². The molecule has 100 valence electrons. The van der Waals surface area contributed by atoms with Crippen LogP contribution in [0.2, 0.25) is 0 Å². The predicted octanol–water partition coefficient (Wildman–Crippen LogP) is 2.54. The van der Waals surface area contributed by atoms with Gasteiger partial charge in [0.2, 0.25) is 0 Å². The van der Waals surface area contributed by atoms with Gasteiger partial charge in [0.15, 0.2) is 0 Å². The largest absolute Gasteiger partial charge is 0.460 e. The van der Waals surface area contributed by atoms with Crippen molar-refractivity contribution in [2.24, 2.45) is 11.1 Å². The minimum absolute atomic E-state index is 0.235. The van der Waals surface area contributed by atoms with Crippen molar-refractivity contribution in [3.8, 4) is 0 Å². The number of ether oxygens (including phenoxy) is 1. The van der Waals surface area contributed by atoms with Crippen molar-refractivity contribution in [3.05, 3.63) is 35.9 Å². The molecule has 0 fully saturated rings. The molecule has 0 aliphatic rings. The maximum atomic E-state index is 12.2. The fourth-order valence-electron chi connectivity index (χ4n) is 1.68. The third-order valence-corrected chi connectivity index (χ3v) is 2.78. The topological polar surface area (TPSA) is 52.3 Å². The highest BCUT2D eigenvalue weighted by Gasteiger charge is 2.36. The summed E-state index contributed by atoms with van der Waals surface area (Å²) in [6.45, 7) is 7.73. The van der Waals surface area contributed by atoms with Crippen LogP contribution >= 0.6 is 0 Å². The van der Waals surface area contributed by atoms with Gasteiger partial charge in [-0.25, -0.2) is 0 Å². The third-order valence-electron chi connectivity index (χ3n) is 2.78. The van der Waals surface area contributed by atoms with Crippen molar-refractivity contribution in [1.82, 2.24) is 0 Å². The summed E-state index contributed by atoms with van der Waals surface area (Å²) >= 11 is 0. The Morgan fingerprint density at radius 2 is 1.72 bits per heavy atom. The highest BCUT2D eigenvalue weighted by Crippen LogP contribution is 2.25. The molecule has 18 heavy (non-hydrogen) atoms. The first kappa shape index (κ1) is 14.7. The first-order valence-electron chi connectivity index (χ1n) is 6.24. The number of hydrogen-bond acceptors (Lipinski definition) is 3. The van der Waals surface area contributed by atoms with Crippen LogP contribution < -0.4 is 5.73 Å². The summed E-state index contributed by atoms with van der Waals surface area (Å²) in [6, 6.07) is 9.87. The second kappa shape index (κ2) is 5.53. The lowest BCUT2D eigenvalue weighted by Gasteiger charge is -2.30. The summed E-state index contributed by atoms with van der Waals surface area (Å²) in [7, 11) is 0. The van der Waals surface area contributed by atoms with Gasteiger partial charge in [-0.15, -0.1) is 0 Å². The SMILES string of the molecule is CC(C)(C)OC(=O)C(C)(CN)Cc1ccccc1. The molecule has 1 aromatic rings. The maximum Gasteiger partial charge on any atom is 0.313 e. The smallest absolute Gasteiger partial charge is 0.313 e. The predicted molar refractivity (Wildman–Crippen MR) is 73.2 cm³/mol. The van der Waals surface area contributed by atoms with Gasteiger partial charge < -0.3 is 10.5 Å². The van der Waals surface area contributed by atoms with E-state index < -0.39 is 11.0 Å². The van der Waals surface area contributed by atoms with Gasteiger partial charge in [-0.2, -0.15) is 0 Å². The summed E-state index contributed by atoms with van der Waals surface area (Å²) in [4.78, 5) is 12.2. The van der Waals surface area contributed by atoms with Crippen molar-refractivity contribution in [2.45, 2.75) is 39.7 Å². The average molecular weight is 249 g/mol. The van der Waals surface area contributed by atoms with Crippen LogP contribution in [0.5, 0.6) is 0 Å². The van der Waals surface area contributed by atoms with E-state index in [1.54, 1.807) is 0 Å². The highest BCUT2D eigenvalue weighted by atomic mass is 16.6. The summed E-state index contributed by atoms with van der Waals surface area (Å²) in [5.41, 5.74) is 5.71. The monoisotopic (exact) mass is 249 g/mol. The molecule has 0 spiro atoms. The first-order valence-corrected chi connectivity index (χ1v) is 6.24. The Labute approximate surface area is 109 Å². The first-order chi connectivity index (χ1) is 8.27. The van der Waals surface area contributed by atoms with Crippen molar-refractivity contribution in [2.75, 3.05) is 6.54 Å². The van der Waals surface area contributed by atoms with Gasteiger partial charge in [0.1, 0.15) is 5.60 Å². The van der Waals surface area contributed by atoms with Crippen LogP contribution in [-0.2, 0) is 16.0 Å². The zero-order valence-corrected chi connectivity index (χ0v) is 11.7. The van der Waals surface area contributed by atoms with Gasteiger partial charge in [0.25, 0.3) is 0 Å². The summed E-state index contributed by atoms with van der Waals surface area (Å²) in [5, 5.41) is 0. The number of carbonyl (C=O) groups is 1. The van der Waals surface area contributed by atoms with Crippen molar-refractivity contribution in [1.29, 1.82) is 0 Å². The molecule has 1 rings (SSSR count). The lowest BCUT2D eigenvalue weighted by molar-refractivity contribution is -0.166. The van der Waals surface area contributed by atoms with E-state index in [1.807, 2.05) is 58.0 Å². The number of benzene rings is 1. The molecule has 2 N–H and O–H groups in total. The average Bonchev–Trinajstić information content (AvgIpc) is 2.28. The Balaban J connectivity index is 2.82. The standard InChI is InChI=1S/C15H23NO2/c1-14(2,3)18-13(17)15(4,11-16)10-12-8-6-5-7-9-12/h5-9H,10-11,16H2,1-4H3. The van der Waals surface area contributed by atoms with Gasteiger partial charge in [0.05, 0.1) is 5.41 Å². The molecule has 0 saturated carbocycles. The summed E-state index contributed by atoms with van der Waals surface area (Å²) < 4.78 is 5.45. The molecule has 0 heterocycles. The maximum absolute atomic E-state index is 12.2. The fourth-order valence-corrected chi connectivity index (χ4v) is 1.68. The van der Waals surface area contributed by atoms with Crippen LogP contribution in [0.15, 0.2) is 30.3 Å². The van der Waals surface area contributed by atoms with E-state index in [0.29, 0.717) is 6.42 Å². The van der Waals surface area contributed by atoms with Crippen LogP contribution in [-0.4, -0.2) is 18.1 Å². The molecule has 0 saturated heterocycles. The molecule has 1 atom stereocenters. The van der Waals surface area contributed by atoms with Crippen LogP contribution in [0.1, 0.15) is 33.3 Å². The van der Waals surface area contributed by atoms with E-state index in [-0.39, 0.29) is 12.5 Å². The molecule has 0 aromatic heterocycles. The fraction of sp³-hybridized carbons (Fsp3) is 0.533. The molecule has 0 aliphatic heterocycles. The zero-order chi connectivity index (χ0) is 13.8. The molecule has 0 radical (unpaired) electrons. The van der Waals surface area contributed by atoms with Gasteiger partial charge >= 0.3 is 5.97 Å². The Morgan fingerprint density at radius 3 is 2.17 bits per heavy atom. The van der Waals surface area contributed by atoms with E-state index in [4.69, 9.17) is 10.5 Å². The van der Waals surface area contributed by atoms with Crippen LogP contribution in [0.25, 0.3) is 0 Å². The Morgan fingerprint density at radius 1 is 1.17 bits per heavy atom. The molecule has 1 unspecified atom stereocenters. The highest BCUT2D eigenvalue weighted by molar-refractivity contribution is 5.77. The number of carbonyl (C=O) groups excluding carboxylic acids is 1. The van der Waals surface area contributed by atoms with Crippen molar-refractivity contribution >= 4 is 5.97 Å². The minimum atomic E-state index is -0.672. The number of esters is 1. The second-order valence-electron chi connectivity index (χ2n) is 5.93. The van der Waals surface area contributed by atoms with Gasteiger partial charge in [-0.3, -0.25) is 4.79 Å². The molecular weight excluding hydrogens is 226 g/mol. The molecule has 0 bridgehead atoms. The van der Waals surface area contributed by atoms with Crippen LogP contribution in [0, 0.1) is 5.41 Å².